The summed E-state index contributed by atoms with van der Waals surface area (Å²) in [5, 5.41) is 22.9. The Labute approximate surface area is 105 Å². The van der Waals surface area contributed by atoms with Crippen molar-refractivity contribution in [3.63, 3.8) is 0 Å². The van der Waals surface area contributed by atoms with Crippen LogP contribution in [0.2, 0.25) is 0 Å². The molecule has 0 bridgehead atoms. The Balaban J connectivity index is 2.69. The smallest absolute Gasteiger partial charge is 0.293 e. The summed E-state index contributed by atoms with van der Waals surface area (Å²) in [7, 11) is 0. The van der Waals surface area contributed by atoms with E-state index in [1.165, 1.54) is 18.2 Å². The van der Waals surface area contributed by atoms with E-state index in [1.54, 1.807) is 6.92 Å². The van der Waals surface area contributed by atoms with Gasteiger partial charge in [-0.05, 0) is 31.9 Å². The van der Waals surface area contributed by atoms with Crippen molar-refractivity contribution in [2.45, 2.75) is 25.9 Å². The van der Waals surface area contributed by atoms with E-state index < -0.39 is 4.92 Å². The Bertz CT molecular complexity index is 432. The third kappa shape index (κ3) is 4.14. The number of carbonyl (C=O) groups is 1. The number of anilines is 1. The highest BCUT2D eigenvalue weighted by Gasteiger charge is 2.13. The van der Waals surface area contributed by atoms with Crippen LogP contribution in [0.1, 0.15) is 30.1 Å². The van der Waals surface area contributed by atoms with Crippen LogP contribution in [0.15, 0.2) is 18.2 Å². The Morgan fingerprint density at radius 3 is 2.83 bits per heavy atom. The summed E-state index contributed by atoms with van der Waals surface area (Å²) < 4.78 is 0. The first-order valence-corrected chi connectivity index (χ1v) is 5.70. The molecule has 0 aromatic heterocycles. The fourth-order valence-corrected chi connectivity index (χ4v) is 1.54. The predicted molar refractivity (Wildman–Crippen MR) is 67.9 cm³/mol. The van der Waals surface area contributed by atoms with Gasteiger partial charge in [0.1, 0.15) is 12.0 Å². The molecule has 0 spiro atoms. The van der Waals surface area contributed by atoms with Crippen LogP contribution in [0.3, 0.4) is 0 Å². The van der Waals surface area contributed by atoms with E-state index in [-0.39, 0.29) is 17.4 Å². The van der Waals surface area contributed by atoms with E-state index in [9.17, 15) is 14.9 Å². The largest absolute Gasteiger partial charge is 0.393 e. The summed E-state index contributed by atoms with van der Waals surface area (Å²) in [5.74, 6) is 0. The number of nitro groups is 1. The molecule has 1 rings (SSSR count). The highest BCUT2D eigenvalue weighted by atomic mass is 16.6. The van der Waals surface area contributed by atoms with E-state index in [2.05, 4.69) is 5.32 Å². The maximum atomic E-state index is 10.8. The average molecular weight is 252 g/mol. The molecular formula is C12H16N2O4. The molecule has 0 radical (unpaired) electrons. The zero-order valence-corrected chi connectivity index (χ0v) is 10.1. The summed E-state index contributed by atoms with van der Waals surface area (Å²) in [6.07, 6.45) is 1.54. The van der Waals surface area contributed by atoms with Gasteiger partial charge in [0.05, 0.1) is 11.0 Å². The molecule has 6 heteroatoms. The molecule has 6 nitrogen and oxygen atoms in total. The van der Waals surface area contributed by atoms with Crippen LogP contribution in [-0.2, 0) is 0 Å². The zero-order chi connectivity index (χ0) is 13.5. The Morgan fingerprint density at radius 1 is 1.56 bits per heavy atom. The number of nitrogens with zero attached hydrogens (tertiary/aromatic N) is 1. The van der Waals surface area contributed by atoms with Crippen LogP contribution >= 0.6 is 0 Å². The molecule has 98 valence electrons. The second-order valence-corrected chi connectivity index (χ2v) is 4.07. The van der Waals surface area contributed by atoms with Crippen molar-refractivity contribution in [2.24, 2.45) is 0 Å². The van der Waals surface area contributed by atoms with E-state index in [4.69, 9.17) is 5.11 Å². The van der Waals surface area contributed by atoms with Crippen LogP contribution in [-0.4, -0.2) is 29.0 Å². The van der Waals surface area contributed by atoms with Crippen molar-refractivity contribution in [1.82, 2.24) is 0 Å². The Hall–Kier alpha value is -1.95. The van der Waals surface area contributed by atoms with Crippen LogP contribution in [0.5, 0.6) is 0 Å². The van der Waals surface area contributed by atoms with Crippen molar-refractivity contribution in [1.29, 1.82) is 0 Å². The van der Waals surface area contributed by atoms with Crippen molar-refractivity contribution in [3.05, 3.63) is 33.9 Å². The number of rotatable bonds is 7. The molecule has 0 saturated carbocycles. The van der Waals surface area contributed by atoms with Gasteiger partial charge in [0.15, 0.2) is 0 Å². The molecule has 0 amide bonds. The summed E-state index contributed by atoms with van der Waals surface area (Å²) in [6, 6.07) is 4.28. The number of nitro benzene ring substituents is 1. The first-order valence-electron chi connectivity index (χ1n) is 5.70. The number of aliphatic hydroxyl groups excluding tert-OH is 1. The van der Waals surface area contributed by atoms with Crippen molar-refractivity contribution in [3.8, 4) is 0 Å². The van der Waals surface area contributed by atoms with Crippen LogP contribution in [0.25, 0.3) is 0 Å². The van der Waals surface area contributed by atoms with Crippen LogP contribution in [0.4, 0.5) is 11.4 Å². The minimum absolute atomic E-state index is 0.114. The third-order valence-corrected chi connectivity index (χ3v) is 2.47. The number of hydrogen-bond donors (Lipinski definition) is 2. The lowest BCUT2D eigenvalue weighted by Gasteiger charge is -2.08. The van der Waals surface area contributed by atoms with Gasteiger partial charge in [-0.2, -0.15) is 0 Å². The summed E-state index contributed by atoms with van der Waals surface area (Å²) in [5.41, 5.74) is 0.545. The molecule has 1 aromatic carbocycles. The van der Waals surface area contributed by atoms with Gasteiger partial charge in [-0.1, -0.05) is 0 Å². The van der Waals surface area contributed by atoms with E-state index in [0.717, 1.165) is 0 Å². The molecule has 1 aromatic rings. The molecule has 1 atom stereocenters. The highest BCUT2D eigenvalue weighted by molar-refractivity contribution is 5.79. The number of aldehydes is 1. The minimum atomic E-state index is -0.524. The first-order chi connectivity index (χ1) is 8.54. The number of benzene rings is 1. The minimum Gasteiger partial charge on any atom is -0.393 e. The molecule has 0 aliphatic carbocycles. The summed E-state index contributed by atoms with van der Waals surface area (Å²) in [4.78, 5) is 20.9. The quantitative estimate of drug-likeness (QED) is 0.335. The van der Waals surface area contributed by atoms with E-state index in [0.29, 0.717) is 31.4 Å². The van der Waals surface area contributed by atoms with Gasteiger partial charge in [0.2, 0.25) is 0 Å². The maximum absolute atomic E-state index is 10.8. The van der Waals surface area contributed by atoms with E-state index >= 15 is 0 Å². The lowest BCUT2D eigenvalue weighted by atomic mass is 10.1. The second kappa shape index (κ2) is 6.70. The fraction of sp³-hybridized carbons (Fsp3) is 0.417. The monoisotopic (exact) mass is 252 g/mol. The van der Waals surface area contributed by atoms with Gasteiger partial charge >= 0.3 is 0 Å². The number of nitrogens with one attached hydrogen (secondary N) is 1. The summed E-state index contributed by atoms with van der Waals surface area (Å²) >= 11 is 0. The van der Waals surface area contributed by atoms with Crippen molar-refractivity contribution >= 4 is 17.7 Å². The fourth-order valence-electron chi connectivity index (χ4n) is 1.54. The van der Waals surface area contributed by atoms with Crippen LogP contribution < -0.4 is 5.32 Å². The van der Waals surface area contributed by atoms with Gasteiger partial charge in [-0.25, -0.2) is 0 Å². The normalized spacial score (nSPS) is 11.9. The molecule has 0 fully saturated rings. The molecule has 2 N–H and O–H groups in total. The molecular weight excluding hydrogens is 236 g/mol. The number of carbonyl (C=O) groups excluding carboxylic acids is 1. The first kappa shape index (κ1) is 14.1. The molecule has 18 heavy (non-hydrogen) atoms. The Kier molecular flexibility index (Phi) is 5.26. The lowest BCUT2D eigenvalue weighted by molar-refractivity contribution is -0.384. The maximum Gasteiger partial charge on any atom is 0.293 e. The average Bonchev–Trinajstić information content (AvgIpc) is 2.34. The van der Waals surface area contributed by atoms with Crippen LogP contribution in [0, 0.1) is 10.1 Å². The SMILES string of the molecule is CC(O)CCCNc1ccc(C=O)cc1[N+](=O)[O-]. The number of aliphatic hydroxyl groups is 1. The topological polar surface area (TPSA) is 92.5 Å². The number of hydrogen-bond acceptors (Lipinski definition) is 5. The molecule has 1 unspecified atom stereocenters. The predicted octanol–water partition coefficient (Wildman–Crippen LogP) is 1.98. The molecule has 0 aliphatic heterocycles. The molecule has 0 aliphatic rings. The molecule has 0 heterocycles. The third-order valence-electron chi connectivity index (χ3n) is 2.47. The van der Waals surface area contributed by atoms with Gasteiger partial charge in [0.25, 0.3) is 5.69 Å². The standard InChI is InChI=1S/C12H16N2O4/c1-9(16)3-2-6-13-11-5-4-10(8-15)7-12(11)14(17)18/h4-5,7-9,13,16H,2-3,6H2,1H3. The summed E-state index contributed by atoms with van der Waals surface area (Å²) in [6.45, 7) is 2.23. The van der Waals surface area contributed by atoms with Crippen molar-refractivity contribution < 1.29 is 14.8 Å². The highest BCUT2D eigenvalue weighted by Crippen LogP contribution is 2.24. The zero-order valence-electron chi connectivity index (χ0n) is 10.1. The van der Waals surface area contributed by atoms with Gasteiger partial charge in [0, 0.05) is 18.2 Å². The Morgan fingerprint density at radius 2 is 2.28 bits per heavy atom. The van der Waals surface area contributed by atoms with E-state index in [1.807, 2.05) is 0 Å². The molecule has 0 saturated heterocycles. The second-order valence-electron chi connectivity index (χ2n) is 4.07. The van der Waals surface area contributed by atoms with Gasteiger partial charge in [-0.15, -0.1) is 0 Å². The lowest BCUT2D eigenvalue weighted by Crippen LogP contribution is -2.08. The van der Waals surface area contributed by atoms with Gasteiger partial charge < -0.3 is 10.4 Å². The van der Waals surface area contributed by atoms with Crippen molar-refractivity contribution in [2.75, 3.05) is 11.9 Å². The van der Waals surface area contributed by atoms with Gasteiger partial charge in [-0.3, -0.25) is 14.9 Å².